The van der Waals surface area contributed by atoms with Crippen LogP contribution in [0.25, 0.3) is 0 Å². The Morgan fingerprint density at radius 3 is 2.60 bits per heavy atom. The van der Waals surface area contributed by atoms with Gasteiger partial charge in [-0.1, -0.05) is 6.92 Å². The van der Waals surface area contributed by atoms with Gasteiger partial charge in [0.25, 0.3) is 0 Å². The van der Waals surface area contributed by atoms with Crippen LogP contribution >= 0.6 is 25.3 Å². The third-order valence-electron chi connectivity index (χ3n) is 1.58. The van der Waals surface area contributed by atoms with Gasteiger partial charge < -0.3 is 4.79 Å². The molecule has 10 heavy (non-hydrogen) atoms. The number of hydrogen-bond acceptors (Lipinski definition) is 3. The van der Waals surface area contributed by atoms with Crippen LogP contribution in [0.4, 0.5) is 0 Å². The molecule has 0 spiro atoms. The predicted octanol–water partition coefficient (Wildman–Crippen LogP) is 1.83. The van der Waals surface area contributed by atoms with Crippen LogP contribution in [0.3, 0.4) is 0 Å². The highest BCUT2D eigenvalue weighted by Gasteiger charge is 2.09. The molecule has 0 saturated carbocycles. The summed E-state index contributed by atoms with van der Waals surface area (Å²) < 4.78 is 0. The quantitative estimate of drug-likeness (QED) is 0.485. The fourth-order valence-corrected chi connectivity index (χ4v) is 1.21. The molecule has 0 aliphatic carbocycles. The van der Waals surface area contributed by atoms with Crippen molar-refractivity contribution >= 4 is 31.5 Å². The second kappa shape index (κ2) is 6.10. The maximum absolute atomic E-state index is 9.98. The SMILES string of the molecule is CC(CCC=O)C(S)CS. The monoisotopic (exact) mass is 178 g/mol. The van der Waals surface area contributed by atoms with E-state index in [4.69, 9.17) is 0 Å². The van der Waals surface area contributed by atoms with Gasteiger partial charge in [0.2, 0.25) is 0 Å². The first kappa shape index (κ1) is 10.4. The first-order valence-electron chi connectivity index (χ1n) is 3.45. The summed E-state index contributed by atoms with van der Waals surface area (Å²) in [6.07, 6.45) is 2.53. The summed E-state index contributed by atoms with van der Waals surface area (Å²) in [6.45, 7) is 2.09. The number of aldehydes is 1. The summed E-state index contributed by atoms with van der Waals surface area (Å²) in [5.41, 5.74) is 0. The molecule has 0 heterocycles. The minimum atomic E-state index is 0.322. The molecular formula is C7H14OS2. The van der Waals surface area contributed by atoms with E-state index in [9.17, 15) is 4.79 Å². The van der Waals surface area contributed by atoms with Crippen LogP contribution in [-0.4, -0.2) is 17.3 Å². The predicted molar refractivity (Wildman–Crippen MR) is 51.1 cm³/mol. The summed E-state index contributed by atoms with van der Waals surface area (Å²) in [7, 11) is 0. The van der Waals surface area contributed by atoms with E-state index in [2.05, 4.69) is 32.2 Å². The van der Waals surface area contributed by atoms with Crippen LogP contribution in [0.15, 0.2) is 0 Å². The summed E-state index contributed by atoms with van der Waals surface area (Å²) in [4.78, 5) is 9.98. The molecule has 0 fully saturated rings. The Kier molecular flexibility index (Phi) is 6.33. The van der Waals surface area contributed by atoms with Crippen LogP contribution in [0.5, 0.6) is 0 Å². The van der Waals surface area contributed by atoms with Gasteiger partial charge >= 0.3 is 0 Å². The van der Waals surface area contributed by atoms with Crippen molar-refractivity contribution in [1.29, 1.82) is 0 Å². The minimum absolute atomic E-state index is 0.322. The van der Waals surface area contributed by atoms with Gasteiger partial charge in [-0.3, -0.25) is 0 Å². The molecule has 0 aliphatic rings. The topological polar surface area (TPSA) is 17.1 Å². The lowest BCUT2D eigenvalue weighted by molar-refractivity contribution is -0.108. The maximum Gasteiger partial charge on any atom is 0.120 e. The van der Waals surface area contributed by atoms with Crippen molar-refractivity contribution in [2.75, 3.05) is 5.75 Å². The van der Waals surface area contributed by atoms with E-state index in [0.717, 1.165) is 18.5 Å². The van der Waals surface area contributed by atoms with Crippen LogP contribution in [0, 0.1) is 5.92 Å². The standard InChI is InChI=1S/C7H14OS2/c1-6(3-2-4-8)7(10)5-9/h4,6-7,9-10H,2-3,5H2,1H3. The lowest BCUT2D eigenvalue weighted by atomic mass is 10.0. The highest BCUT2D eigenvalue weighted by molar-refractivity contribution is 7.84. The van der Waals surface area contributed by atoms with Gasteiger partial charge in [0.05, 0.1) is 0 Å². The Labute approximate surface area is 73.4 Å². The zero-order valence-corrected chi connectivity index (χ0v) is 7.94. The Bertz CT molecular complexity index is 95.6. The van der Waals surface area contributed by atoms with Crippen molar-refractivity contribution in [3.8, 4) is 0 Å². The molecule has 0 saturated heterocycles. The molecule has 2 atom stereocenters. The molecule has 60 valence electrons. The molecule has 0 aromatic carbocycles. The van der Waals surface area contributed by atoms with Crippen LogP contribution in [0.2, 0.25) is 0 Å². The number of rotatable bonds is 5. The largest absolute Gasteiger partial charge is 0.303 e. The zero-order valence-electron chi connectivity index (χ0n) is 6.16. The third-order valence-corrected chi connectivity index (χ3v) is 2.96. The van der Waals surface area contributed by atoms with E-state index in [-0.39, 0.29) is 0 Å². The first-order chi connectivity index (χ1) is 4.72. The second-order valence-corrected chi connectivity index (χ2v) is 3.50. The number of hydrogen-bond donors (Lipinski definition) is 2. The molecule has 1 nitrogen and oxygen atoms in total. The highest BCUT2D eigenvalue weighted by atomic mass is 32.1. The molecule has 0 bridgehead atoms. The molecule has 0 aromatic heterocycles. The van der Waals surface area contributed by atoms with Gasteiger partial charge in [0.15, 0.2) is 0 Å². The van der Waals surface area contributed by atoms with Crippen LogP contribution in [-0.2, 0) is 4.79 Å². The van der Waals surface area contributed by atoms with E-state index in [1.807, 2.05) is 0 Å². The van der Waals surface area contributed by atoms with Crippen molar-refractivity contribution in [1.82, 2.24) is 0 Å². The summed E-state index contributed by atoms with van der Waals surface area (Å²) in [5.74, 6) is 1.27. The van der Waals surface area contributed by atoms with Gasteiger partial charge in [-0.05, 0) is 12.3 Å². The van der Waals surface area contributed by atoms with Gasteiger partial charge in [-0.2, -0.15) is 25.3 Å². The zero-order chi connectivity index (χ0) is 7.98. The second-order valence-electron chi connectivity index (χ2n) is 2.47. The number of carbonyl (C=O) groups excluding carboxylic acids is 1. The van der Waals surface area contributed by atoms with Crippen LogP contribution in [0.1, 0.15) is 19.8 Å². The molecule has 0 N–H and O–H groups in total. The molecule has 3 heteroatoms. The van der Waals surface area contributed by atoms with Crippen molar-refractivity contribution in [3.05, 3.63) is 0 Å². The third kappa shape index (κ3) is 4.23. The average molecular weight is 178 g/mol. The molecule has 0 rings (SSSR count). The first-order valence-corrected chi connectivity index (χ1v) is 4.59. The molecule has 0 amide bonds. The minimum Gasteiger partial charge on any atom is -0.303 e. The Balaban J connectivity index is 3.40. The number of thiol groups is 2. The molecule has 0 aromatic rings. The van der Waals surface area contributed by atoms with E-state index < -0.39 is 0 Å². The van der Waals surface area contributed by atoms with E-state index >= 15 is 0 Å². The van der Waals surface area contributed by atoms with Gasteiger partial charge in [-0.15, -0.1) is 0 Å². The lowest BCUT2D eigenvalue weighted by Crippen LogP contribution is -2.13. The van der Waals surface area contributed by atoms with Crippen molar-refractivity contribution < 1.29 is 4.79 Å². The van der Waals surface area contributed by atoms with E-state index in [1.54, 1.807) is 0 Å². The summed E-state index contributed by atoms with van der Waals surface area (Å²) >= 11 is 8.42. The Hall–Kier alpha value is 0.370. The maximum atomic E-state index is 9.98. The van der Waals surface area contributed by atoms with Gasteiger partial charge in [0, 0.05) is 17.4 Å². The Morgan fingerprint density at radius 1 is 1.60 bits per heavy atom. The van der Waals surface area contributed by atoms with Crippen LogP contribution < -0.4 is 0 Å². The molecule has 0 aliphatic heterocycles. The summed E-state index contributed by atoms with van der Waals surface area (Å²) in [5, 5.41) is 0.322. The van der Waals surface area contributed by atoms with Crippen molar-refractivity contribution in [2.24, 2.45) is 5.92 Å². The molecule has 2 unspecified atom stereocenters. The van der Waals surface area contributed by atoms with E-state index in [1.165, 1.54) is 0 Å². The number of carbonyl (C=O) groups is 1. The fraction of sp³-hybridized carbons (Fsp3) is 0.857. The van der Waals surface area contributed by atoms with Gasteiger partial charge in [-0.25, -0.2) is 0 Å². The smallest absolute Gasteiger partial charge is 0.120 e. The van der Waals surface area contributed by atoms with Gasteiger partial charge in [0.1, 0.15) is 6.29 Å². The lowest BCUT2D eigenvalue weighted by Gasteiger charge is -2.14. The summed E-state index contributed by atoms with van der Waals surface area (Å²) in [6, 6.07) is 0. The Morgan fingerprint density at radius 2 is 2.20 bits per heavy atom. The molecular weight excluding hydrogens is 164 g/mol. The fourth-order valence-electron chi connectivity index (χ4n) is 0.703. The highest BCUT2D eigenvalue weighted by Crippen LogP contribution is 2.15. The normalized spacial score (nSPS) is 16.3. The average Bonchev–Trinajstić information content (AvgIpc) is 1.98. The van der Waals surface area contributed by atoms with E-state index in [0.29, 0.717) is 17.6 Å². The molecule has 0 radical (unpaired) electrons. The van der Waals surface area contributed by atoms with Crippen molar-refractivity contribution in [3.63, 3.8) is 0 Å². The van der Waals surface area contributed by atoms with Crippen molar-refractivity contribution in [2.45, 2.75) is 25.0 Å².